The monoisotopic (exact) mass is 279 g/mol. The van der Waals surface area contributed by atoms with Crippen LogP contribution in [0, 0.1) is 0 Å². The molecule has 2 aromatic heterocycles. The molecule has 2 rings (SSSR count). The van der Waals surface area contributed by atoms with Crippen LogP contribution in [0.1, 0.15) is 49.3 Å². The molecule has 3 N–H and O–H groups in total. The van der Waals surface area contributed by atoms with E-state index in [2.05, 4.69) is 46.3 Å². The summed E-state index contributed by atoms with van der Waals surface area (Å²) in [5.41, 5.74) is 5.72. The molecule has 5 nitrogen and oxygen atoms in total. The Bertz CT molecular complexity index is 475. The molecule has 2 heterocycles. The van der Waals surface area contributed by atoms with E-state index in [1.807, 2.05) is 11.7 Å². The molecule has 0 aliphatic carbocycles. The summed E-state index contributed by atoms with van der Waals surface area (Å²) in [6.07, 6.45) is 6.90. The fourth-order valence-electron chi connectivity index (χ4n) is 2.20. The minimum atomic E-state index is 0.0811. The molecule has 2 aromatic rings. The predicted octanol–water partition coefficient (Wildman–Crippen LogP) is 2.45. The standard InChI is InChI=1S/C13H21N5S/c1-3-11(4-2)18-6-5-10(17-18)7-12(16-14)13-8-15-9-19-13/h5-6,8-9,11-12,16H,3-4,7,14H2,1-2H3. The van der Waals surface area contributed by atoms with Crippen molar-refractivity contribution in [2.75, 3.05) is 0 Å². The number of hydrazine groups is 1. The van der Waals surface area contributed by atoms with E-state index in [1.165, 1.54) is 0 Å². The first-order valence-corrected chi connectivity index (χ1v) is 7.55. The zero-order valence-electron chi connectivity index (χ0n) is 11.4. The van der Waals surface area contributed by atoms with Crippen molar-refractivity contribution in [3.63, 3.8) is 0 Å². The molecule has 0 aliphatic heterocycles. The predicted molar refractivity (Wildman–Crippen MR) is 77.7 cm³/mol. The highest BCUT2D eigenvalue weighted by molar-refractivity contribution is 7.09. The molecule has 0 aromatic carbocycles. The molecule has 0 spiro atoms. The van der Waals surface area contributed by atoms with Crippen molar-refractivity contribution in [2.45, 2.75) is 45.2 Å². The third kappa shape index (κ3) is 3.40. The number of nitrogens with zero attached hydrogens (tertiary/aromatic N) is 3. The Balaban J connectivity index is 2.06. The van der Waals surface area contributed by atoms with Crippen LogP contribution in [0.4, 0.5) is 0 Å². The molecule has 1 atom stereocenters. The van der Waals surface area contributed by atoms with E-state index in [-0.39, 0.29) is 6.04 Å². The van der Waals surface area contributed by atoms with Crippen LogP contribution in [0.3, 0.4) is 0 Å². The lowest BCUT2D eigenvalue weighted by Gasteiger charge is -2.14. The second kappa shape index (κ2) is 6.79. The van der Waals surface area contributed by atoms with Gasteiger partial charge in [-0.2, -0.15) is 5.10 Å². The second-order valence-corrected chi connectivity index (χ2v) is 5.50. The fraction of sp³-hybridized carbons (Fsp3) is 0.538. The largest absolute Gasteiger partial charge is 0.271 e. The molecule has 19 heavy (non-hydrogen) atoms. The van der Waals surface area contributed by atoms with Gasteiger partial charge in [-0.05, 0) is 18.9 Å². The Kier molecular flexibility index (Phi) is 5.07. The quantitative estimate of drug-likeness (QED) is 0.603. The van der Waals surface area contributed by atoms with Gasteiger partial charge in [0, 0.05) is 23.7 Å². The molecule has 0 aliphatic rings. The first kappa shape index (κ1) is 14.2. The molecule has 6 heteroatoms. The smallest absolute Gasteiger partial charge is 0.0794 e. The SMILES string of the molecule is CCC(CC)n1ccc(CC(NN)c2cncs2)n1. The topological polar surface area (TPSA) is 68.8 Å². The van der Waals surface area contributed by atoms with Gasteiger partial charge in [0.05, 0.1) is 23.3 Å². The van der Waals surface area contributed by atoms with E-state index in [0.29, 0.717) is 6.04 Å². The van der Waals surface area contributed by atoms with Gasteiger partial charge in [-0.3, -0.25) is 20.9 Å². The highest BCUT2D eigenvalue weighted by Crippen LogP contribution is 2.21. The first-order valence-electron chi connectivity index (χ1n) is 6.67. The summed E-state index contributed by atoms with van der Waals surface area (Å²) in [6, 6.07) is 2.64. The van der Waals surface area contributed by atoms with Crippen LogP contribution >= 0.6 is 11.3 Å². The number of nitrogens with one attached hydrogen (secondary N) is 1. The highest BCUT2D eigenvalue weighted by Gasteiger charge is 2.15. The second-order valence-electron chi connectivity index (χ2n) is 4.58. The minimum Gasteiger partial charge on any atom is -0.271 e. The molecule has 104 valence electrons. The summed E-state index contributed by atoms with van der Waals surface area (Å²) < 4.78 is 2.07. The summed E-state index contributed by atoms with van der Waals surface area (Å²) in [5, 5.41) is 4.66. The van der Waals surface area contributed by atoms with Gasteiger partial charge in [0.2, 0.25) is 0 Å². The highest BCUT2D eigenvalue weighted by atomic mass is 32.1. The van der Waals surface area contributed by atoms with Crippen LogP contribution < -0.4 is 11.3 Å². The van der Waals surface area contributed by atoms with Crippen LogP contribution in [0.2, 0.25) is 0 Å². The zero-order valence-corrected chi connectivity index (χ0v) is 12.2. The minimum absolute atomic E-state index is 0.0811. The number of hydrogen-bond donors (Lipinski definition) is 2. The van der Waals surface area contributed by atoms with Crippen LogP contribution in [0.15, 0.2) is 24.0 Å². The van der Waals surface area contributed by atoms with E-state index in [4.69, 9.17) is 5.84 Å². The fourth-order valence-corrected chi connectivity index (χ4v) is 2.88. The van der Waals surface area contributed by atoms with Crippen LogP contribution in [-0.2, 0) is 6.42 Å². The van der Waals surface area contributed by atoms with E-state index in [9.17, 15) is 0 Å². The summed E-state index contributed by atoms with van der Waals surface area (Å²) in [7, 11) is 0. The Hall–Kier alpha value is -1.24. The van der Waals surface area contributed by atoms with Gasteiger partial charge in [0.25, 0.3) is 0 Å². The number of thiazole rings is 1. The number of nitrogens with two attached hydrogens (primary N) is 1. The molecule has 0 saturated heterocycles. The first-order chi connectivity index (χ1) is 9.28. The van der Waals surface area contributed by atoms with Crippen LogP contribution in [-0.4, -0.2) is 14.8 Å². The van der Waals surface area contributed by atoms with E-state index < -0.39 is 0 Å². The zero-order chi connectivity index (χ0) is 13.7. The lowest BCUT2D eigenvalue weighted by atomic mass is 10.1. The van der Waals surface area contributed by atoms with Gasteiger partial charge < -0.3 is 0 Å². The van der Waals surface area contributed by atoms with Crippen LogP contribution in [0.5, 0.6) is 0 Å². The van der Waals surface area contributed by atoms with E-state index in [1.54, 1.807) is 11.3 Å². The molecule has 0 amide bonds. The number of aromatic nitrogens is 3. The maximum absolute atomic E-state index is 5.63. The van der Waals surface area contributed by atoms with Gasteiger partial charge in [-0.1, -0.05) is 13.8 Å². The van der Waals surface area contributed by atoms with Gasteiger partial charge in [0.15, 0.2) is 0 Å². The van der Waals surface area contributed by atoms with Crippen molar-refractivity contribution in [3.05, 3.63) is 34.5 Å². The lowest BCUT2D eigenvalue weighted by Crippen LogP contribution is -2.29. The summed E-state index contributed by atoms with van der Waals surface area (Å²) in [4.78, 5) is 5.23. The average Bonchev–Trinajstić information content (AvgIpc) is 3.09. The Labute approximate surface area is 117 Å². The van der Waals surface area contributed by atoms with Crippen molar-refractivity contribution < 1.29 is 0 Å². The number of rotatable bonds is 7. The van der Waals surface area contributed by atoms with Crippen LogP contribution in [0.25, 0.3) is 0 Å². The van der Waals surface area contributed by atoms with Gasteiger partial charge in [-0.25, -0.2) is 0 Å². The third-order valence-electron chi connectivity index (χ3n) is 3.39. The van der Waals surface area contributed by atoms with Gasteiger partial charge >= 0.3 is 0 Å². The van der Waals surface area contributed by atoms with Crippen molar-refractivity contribution in [3.8, 4) is 0 Å². The van der Waals surface area contributed by atoms with Gasteiger partial charge in [0.1, 0.15) is 0 Å². The maximum Gasteiger partial charge on any atom is 0.0794 e. The molecule has 0 bridgehead atoms. The molecule has 0 radical (unpaired) electrons. The third-order valence-corrected chi connectivity index (χ3v) is 4.28. The number of hydrogen-bond acceptors (Lipinski definition) is 5. The molecular formula is C13H21N5S. The molecule has 1 unspecified atom stereocenters. The molecule has 0 fully saturated rings. The Morgan fingerprint density at radius 3 is 2.79 bits per heavy atom. The van der Waals surface area contributed by atoms with E-state index in [0.717, 1.165) is 29.8 Å². The molecular weight excluding hydrogens is 258 g/mol. The average molecular weight is 279 g/mol. The van der Waals surface area contributed by atoms with E-state index >= 15 is 0 Å². The summed E-state index contributed by atoms with van der Waals surface area (Å²) in [5.74, 6) is 5.63. The van der Waals surface area contributed by atoms with Gasteiger partial charge in [-0.15, -0.1) is 11.3 Å². The maximum atomic E-state index is 5.63. The van der Waals surface area contributed by atoms with Crippen molar-refractivity contribution >= 4 is 11.3 Å². The summed E-state index contributed by atoms with van der Waals surface area (Å²) in [6.45, 7) is 4.38. The molecule has 0 saturated carbocycles. The Morgan fingerprint density at radius 1 is 1.42 bits per heavy atom. The van der Waals surface area contributed by atoms with Crippen molar-refractivity contribution in [2.24, 2.45) is 5.84 Å². The van der Waals surface area contributed by atoms with Crippen molar-refractivity contribution in [1.29, 1.82) is 0 Å². The Morgan fingerprint density at radius 2 is 2.21 bits per heavy atom. The summed E-state index contributed by atoms with van der Waals surface area (Å²) >= 11 is 1.61. The van der Waals surface area contributed by atoms with Crippen molar-refractivity contribution in [1.82, 2.24) is 20.2 Å². The lowest BCUT2D eigenvalue weighted by molar-refractivity contribution is 0.423. The normalized spacial score (nSPS) is 13.1.